The molecule has 136 heavy (non-hydrogen) atoms. The summed E-state index contributed by atoms with van der Waals surface area (Å²) in [5.74, 6) is -1.23. The first-order chi connectivity index (χ1) is 65.7. The molecule has 24 rings (SSSR count). The van der Waals surface area contributed by atoms with Crippen molar-refractivity contribution in [3.05, 3.63) is 470 Å². The van der Waals surface area contributed by atoms with Crippen molar-refractivity contribution in [3.63, 3.8) is 0 Å². The first-order valence-electron chi connectivity index (χ1n) is 43.1. The minimum atomic E-state index is -4.33. The highest BCUT2D eigenvalue weighted by Crippen LogP contribution is 2.56. The van der Waals surface area contributed by atoms with Crippen LogP contribution in [0.25, 0.3) is 150 Å². The second-order valence-corrected chi connectivity index (χ2v) is 44.0. The lowest BCUT2D eigenvalue weighted by molar-refractivity contribution is -0.138. The second kappa shape index (κ2) is 38.2. The Bertz CT molecular complexity index is 8080. The average Bonchev–Trinajstić information content (AvgIpc) is 1.67. The van der Waals surface area contributed by atoms with Gasteiger partial charge in [-0.15, -0.1) is 0 Å². The van der Waals surface area contributed by atoms with E-state index in [0.717, 1.165) is 87.3 Å². The molecule has 6 aromatic heterocycles. The Labute approximate surface area is 787 Å². The molecular weight excluding hydrogens is 1860 g/mol. The van der Waals surface area contributed by atoms with E-state index < -0.39 is 91.7 Å². The summed E-state index contributed by atoms with van der Waals surface area (Å²) in [4.78, 5) is 5.03. The van der Waals surface area contributed by atoms with Crippen molar-refractivity contribution >= 4 is 184 Å². The Morgan fingerprint density at radius 3 is 0.654 bits per heavy atom. The Kier molecular flexibility index (Phi) is 25.6. The van der Waals surface area contributed by atoms with Gasteiger partial charge in [0.25, 0.3) is 0 Å². The predicted molar refractivity (Wildman–Crippen MR) is 546 cm³/mol. The maximum atomic E-state index is 13.6. The molecule has 0 amide bonds. The van der Waals surface area contributed by atoms with E-state index in [-0.39, 0.29) is 42.8 Å². The van der Waals surface area contributed by atoms with Gasteiger partial charge >= 0.3 is 24.7 Å². The van der Waals surface area contributed by atoms with Crippen molar-refractivity contribution in [2.24, 2.45) is 0 Å². The molecule has 0 unspecified atom stereocenters. The van der Waals surface area contributed by atoms with Gasteiger partial charge in [-0.1, -0.05) is 188 Å². The molecule has 0 nitrogen and oxygen atoms in total. The Balaban J connectivity index is 0.000000105. The van der Waals surface area contributed by atoms with Crippen molar-refractivity contribution in [1.82, 2.24) is 0 Å². The highest BCUT2D eigenvalue weighted by atomic mass is 32.2. The molecule has 0 aliphatic rings. The highest BCUT2D eigenvalue weighted by Gasteiger charge is 2.38. The Morgan fingerprint density at radius 2 is 0.404 bits per heavy atom. The molecular formula is C115H77F15S6+6. The summed E-state index contributed by atoms with van der Waals surface area (Å²) < 4.78 is 210. The number of thiophene rings is 6. The van der Waals surface area contributed by atoms with Crippen molar-refractivity contribution < 1.29 is 65.9 Å². The molecule has 0 atom stereocenters. The number of benzene rings is 18. The van der Waals surface area contributed by atoms with Crippen molar-refractivity contribution in [3.8, 4) is 29.4 Å². The number of rotatable bonds is 8. The van der Waals surface area contributed by atoms with Crippen LogP contribution in [0.5, 0.6) is 0 Å². The maximum Gasteiger partial charge on any atom is 0.416 e. The van der Waals surface area contributed by atoms with E-state index >= 15 is 0 Å². The minimum absolute atomic E-state index is 0.170. The minimum Gasteiger partial charge on any atom is -0.207 e. The Hall–Kier alpha value is -13.8. The monoisotopic (exact) mass is 1930 g/mol. The molecule has 0 saturated heterocycles. The molecule has 18 aromatic carbocycles. The summed E-state index contributed by atoms with van der Waals surface area (Å²) in [6.45, 7) is 1.51. The van der Waals surface area contributed by atoms with E-state index in [1.165, 1.54) is 104 Å². The fourth-order valence-corrected chi connectivity index (χ4v) is 32.3. The van der Waals surface area contributed by atoms with E-state index in [2.05, 4.69) is 109 Å². The van der Waals surface area contributed by atoms with Gasteiger partial charge < -0.3 is 0 Å². The van der Waals surface area contributed by atoms with Gasteiger partial charge in [-0.3, -0.25) is 0 Å². The maximum absolute atomic E-state index is 13.6. The molecule has 6 heterocycles. The van der Waals surface area contributed by atoms with Crippen molar-refractivity contribution in [1.29, 1.82) is 0 Å². The van der Waals surface area contributed by atoms with Crippen LogP contribution in [-0.4, -0.2) is 12.4 Å². The number of halogens is 15. The van der Waals surface area contributed by atoms with E-state index in [4.69, 9.17) is 0 Å². The van der Waals surface area contributed by atoms with Crippen LogP contribution < -0.4 is 0 Å². The molecule has 0 aliphatic heterocycles. The molecule has 0 radical (unpaired) electrons. The molecule has 0 bridgehead atoms. The molecule has 0 spiro atoms. The fraction of sp³-hybridized carbons (Fsp3) is 0.0609. The molecule has 0 N–H and O–H groups in total. The van der Waals surface area contributed by atoms with Crippen LogP contribution in [0.1, 0.15) is 27.8 Å². The summed E-state index contributed by atoms with van der Waals surface area (Å²) >= 11 is 0. The third kappa shape index (κ3) is 18.8. The summed E-state index contributed by atoms with van der Waals surface area (Å²) in [6.07, 6.45) is -18.8. The highest BCUT2D eigenvalue weighted by molar-refractivity contribution is 7.52. The quantitative estimate of drug-likeness (QED) is 0.105. The first kappa shape index (κ1) is 91.4. The zero-order valence-electron chi connectivity index (χ0n) is 71.9. The van der Waals surface area contributed by atoms with Gasteiger partial charge in [-0.05, 0) is 212 Å². The largest absolute Gasteiger partial charge is 0.416 e. The molecule has 0 fully saturated rings. The van der Waals surface area contributed by atoms with Crippen LogP contribution in [0.3, 0.4) is 0 Å². The summed E-state index contributed by atoms with van der Waals surface area (Å²) in [7, 11) is -2.30. The molecule has 21 heteroatoms. The van der Waals surface area contributed by atoms with Gasteiger partial charge in [0.05, 0.1) is 24.0 Å². The zero-order chi connectivity index (χ0) is 94.3. The first-order valence-corrected chi connectivity index (χ1v) is 50.5. The van der Waals surface area contributed by atoms with Crippen LogP contribution >= 0.6 is 62.8 Å². The van der Waals surface area contributed by atoms with Gasteiger partial charge in [0, 0.05) is 176 Å². The third-order valence-electron chi connectivity index (χ3n) is 23.4. The number of alkyl halides is 12. The SMILES string of the molecule is Cc1ccc(-[s+]2c3ccccc3c3ccccc32)cc1C(F)(F)F.FC(F)(F)Cc1cccc(-[s+]2c3ccccc3c3ccccc32)c1.FC(F)(F)Cc1cccc(-[s+]2c3ccccc3c3ccccc32)c1.FC(F)(F)c1cccc(-[s+]2c3ccccc3c3ccccc32)c1.Fc1cc(F)cc(-[s+]2c3ccccc3c3ccccc32)c1.Fc1cccc(-[s+]2c3ccccc3c3ccccc32)c1. The van der Waals surface area contributed by atoms with Crippen LogP contribution in [-0.2, 0) is 25.2 Å². The molecule has 0 saturated carbocycles. The van der Waals surface area contributed by atoms with Gasteiger partial charge in [0.1, 0.15) is 17.5 Å². The van der Waals surface area contributed by atoms with Crippen LogP contribution in [0.4, 0.5) is 65.9 Å². The lowest BCUT2D eigenvalue weighted by Gasteiger charge is -2.09. The smallest absolute Gasteiger partial charge is 0.207 e. The van der Waals surface area contributed by atoms with Gasteiger partial charge in [-0.25, -0.2) is 13.2 Å². The van der Waals surface area contributed by atoms with Crippen molar-refractivity contribution in [2.75, 3.05) is 0 Å². The van der Waals surface area contributed by atoms with E-state index in [9.17, 15) is 65.9 Å². The van der Waals surface area contributed by atoms with Crippen LogP contribution in [0, 0.1) is 24.4 Å². The van der Waals surface area contributed by atoms with Crippen molar-refractivity contribution in [2.45, 2.75) is 44.5 Å². The standard InChI is InChI=1S/3C20H14F3S.C19H12F3S.C18H11F2S.C18H12FS/c1-13-10-11-14(12-17(13)20(21,22)23)24-18-8-4-2-6-15(18)16-7-3-5-9-19(16)24;2*21-20(22,23)13-14-6-5-7-15(12-14)24-18-10-3-1-8-16(18)17-9-2-4-11-19(17)24;20-19(21,22)13-6-5-7-14(12-13)23-17-10-3-1-8-15(17)16-9-2-4-11-18(16)23;19-12-9-13(20)11-14(10-12)21-17-7-3-1-5-15(17)16-6-2-4-8-18(16)21;19-13-6-5-7-14(12-13)20-17-10-3-1-8-15(17)16-9-2-4-11-18(16)20/h2-12H,1H3;2*1-12H,13H2;1-12H;1-11H;1-12H/q6*+1. The van der Waals surface area contributed by atoms with Crippen LogP contribution in [0.2, 0.25) is 0 Å². The second-order valence-electron chi connectivity index (χ2n) is 32.2. The number of hydrogen-bond acceptors (Lipinski definition) is 0. The fourth-order valence-electron chi connectivity index (χ4n) is 17.7. The summed E-state index contributed by atoms with van der Waals surface area (Å²) in [6, 6.07) is 133. The summed E-state index contributed by atoms with van der Waals surface area (Å²) in [5, 5.41) is 14.0. The molecule has 672 valence electrons. The van der Waals surface area contributed by atoms with Crippen LogP contribution in [0.15, 0.2) is 425 Å². The van der Waals surface area contributed by atoms with E-state index in [1.54, 1.807) is 60.7 Å². The summed E-state index contributed by atoms with van der Waals surface area (Å²) in [5.41, 5.74) is -0.252. The average molecular weight is 1940 g/mol. The number of hydrogen-bond donors (Lipinski definition) is 0. The van der Waals surface area contributed by atoms with Gasteiger partial charge in [-0.2, -0.15) is 52.7 Å². The van der Waals surface area contributed by atoms with Gasteiger partial charge in [0.2, 0.25) is 0 Å². The number of aryl methyl sites for hydroxylation is 1. The zero-order valence-corrected chi connectivity index (χ0v) is 76.8. The lowest BCUT2D eigenvalue weighted by atomic mass is 10.1. The number of fused-ring (bicyclic) bond motifs is 18. The predicted octanol–water partition coefficient (Wildman–Crippen LogP) is 39.4. The lowest BCUT2D eigenvalue weighted by Crippen LogP contribution is -2.11. The third-order valence-corrected chi connectivity index (χ3v) is 37.2. The van der Waals surface area contributed by atoms with Gasteiger partial charge in [0.15, 0.2) is 85.8 Å². The normalized spacial score (nSPS) is 11.9. The Morgan fingerprint density at radius 1 is 0.184 bits per heavy atom. The molecule has 0 aliphatic carbocycles. The molecule has 24 aromatic rings. The topological polar surface area (TPSA) is 0 Å². The van der Waals surface area contributed by atoms with E-state index in [1.807, 2.05) is 206 Å². The van der Waals surface area contributed by atoms with E-state index in [0.29, 0.717) is 25.8 Å².